The molecule has 0 aliphatic carbocycles. The Balaban J connectivity index is 1.90. The Labute approximate surface area is 111 Å². The number of aromatic amines is 1. The second-order valence-electron chi connectivity index (χ2n) is 4.19. The fourth-order valence-corrected chi connectivity index (χ4v) is 1.65. The molecule has 1 heterocycles. The number of nitrogens with zero attached hydrogens (tertiary/aromatic N) is 2. The highest BCUT2D eigenvalue weighted by atomic mass is 16.2. The number of carbonyl (C=O) groups is 1. The summed E-state index contributed by atoms with van der Waals surface area (Å²) < 4.78 is 0. The van der Waals surface area contributed by atoms with E-state index in [0.29, 0.717) is 18.8 Å². The molecule has 1 aromatic heterocycles. The minimum absolute atomic E-state index is 0.150. The second kappa shape index (κ2) is 6.10. The first kappa shape index (κ1) is 13.2. The van der Waals surface area contributed by atoms with Crippen LogP contribution >= 0.6 is 0 Å². The number of benzene rings is 1. The maximum absolute atomic E-state index is 11.8. The van der Waals surface area contributed by atoms with E-state index in [0.717, 1.165) is 5.56 Å². The lowest BCUT2D eigenvalue weighted by Gasteiger charge is -2.12. The third-order valence-corrected chi connectivity index (χ3v) is 2.78. The van der Waals surface area contributed by atoms with Crippen molar-refractivity contribution in [3.63, 3.8) is 0 Å². The standard InChI is InChI=1S/C13H17N5O/c1-2-11-16-12(18-17-11)13(19)15-8-10(14)9-6-4-3-5-7-9/h3-7,10H,2,8,14H2,1H3,(H,15,19)(H,16,17,18). The number of amides is 1. The maximum Gasteiger partial charge on any atom is 0.291 e. The van der Waals surface area contributed by atoms with E-state index >= 15 is 0 Å². The molecule has 0 aliphatic heterocycles. The molecule has 6 nitrogen and oxygen atoms in total. The Morgan fingerprint density at radius 1 is 1.42 bits per heavy atom. The van der Waals surface area contributed by atoms with Gasteiger partial charge in [0.1, 0.15) is 5.82 Å². The molecule has 0 bridgehead atoms. The summed E-state index contributed by atoms with van der Waals surface area (Å²) in [5.74, 6) is 0.525. The van der Waals surface area contributed by atoms with Crippen LogP contribution in [0.15, 0.2) is 30.3 Å². The Morgan fingerprint density at radius 3 is 2.79 bits per heavy atom. The SMILES string of the molecule is CCc1nc(C(=O)NCC(N)c2ccccc2)n[nH]1. The normalized spacial score (nSPS) is 12.1. The summed E-state index contributed by atoms with van der Waals surface area (Å²) in [6.07, 6.45) is 0.712. The molecular weight excluding hydrogens is 242 g/mol. The molecule has 19 heavy (non-hydrogen) atoms. The summed E-state index contributed by atoms with van der Waals surface area (Å²) in [7, 11) is 0. The fourth-order valence-electron chi connectivity index (χ4n) is 1.65. The third-order valence-electron chi connectivity index (χ3n) is 2.78. The Kier molecular flexibility index (Phi) is 4.25. The van der Waals surface area contributed by atoms with Crippen molar-refractivity contribution >= 4 is 5.91 Å². The smallest absolute Gasteiger partial charge is 0.291 e. The van der Waals surface area contributed by atoms with Crippen LogP contribution in [0.1, 0.15) is 35.0 Å². The summed E-state index contributed by atoms with van der Waals surface area (Å²) in [5.41, 5.74) is 6.97. The van der Waals surface area contributed by atoms with Gasteiger partial charge in [0, 0.05) is 19.0 Å². The van der Waals surface area contributed by atoms with Crippen molar-refractivity contribution in [3.05, 3.63) is 47.5 Å². The first-order valence-electron chi connectivity index (χ1n) is 6.20. The van der Waals surface area contributed by atoms with E-state index in [2.05, 4.69) is 20.5 Å². The van der Waals surface area contributed by atoms with Crippen LogP contribution in [-0.4, -0.2) is 27.6 Å². The van der Waals surface area contributed by atoms with Crippen molar-refractivity contribution < 1.29 is 4.79 Å². The van der Waals surface area contributed by atoms with Gasteiger partial charge in [-0.05, 0) is 5.56 Å². The number of aromatic nitrogens is 3. The molecule has 2 aromatic rings. The Hall–Kier alpha value is -2.21. The molecule has 2 rings (SSSR count). The molecule has 0 saturated carbocycles. The zero-order chi connectivity index (χ0) is 13.7. The van der Waals surface area contributed by atoms with Gasteiger partial charge in [0.25, 0.3) is 5.91 Å². The molecule has 0 spiro atoms. The van der Waals surface area contributed by atoms with Crippen molar-refractivity contribution in [1.82, 2.24) is 20.5 Å². The van der Waals surface area contributed by atoms with Crippen LogP contribution in [0.3, 0.4) is 0 Å². The van der Waals surface area contributed by atoms with E-state index in [4.69, 9.17) is 5.73 Å². The van der Waals surface area contributed by atoms with E-state index in [1.165, 1.54) is 0 Å². The quantitative estimate of drug-likeness (QED) is 0.739. The molecule has 6 heteroatoms. The highest BCUT2D eigenvalue weighted by Gasteiger charge is 2.13. The van der Waals surface area contributed by atoms with Gasteiger partial charge in [0.05, 0.1) is 0 Å². The summed E-state index contributed by atoms with van der Waals surface area (Å²) in [4.78, 5) is 15.9. The zero-order valence-electron chi connectivity index (χ0n) is 10.8. The third kappa shape index (κ3) is 3.38. The van der Waals surface area contributed by atoms with E-state index in [-0.39, 0.29) is 17.8 Å². The average Bonchev–Trinajstić information content (AvgIpc) is 2.94. The maximum atomic E-state index is 11.8. The molecule has 1 unspecified atom stereocenters. The molecule has 1 amide bonds. The molecule has 1 atom stereocenters. The van der Waals surface area contributed by atoms with Gasteiger partial charge in [-0.1, -0.05) is 37.3 Å². The van der Waals surface area contributed by atoms with Crippen molar-refractivity contribution in [3.8, 4) is 0 Å². The summed E-state index contributed by atoms with van der Waals surface area (Å²) >= 11 is 0. The van der Waals surface area contributed by atoms with Crippen LogP contribution in [0.5, 0.6) is 0 Å². The summed E-state index contributed by atoms with van der Waals surface area (Å²) in [6, 6.07) is 9.38. The first-order valence-corrected chi connectivity index (χ1v) is 6.20. The number of nitrogens with one attached hydrogen (secondary N) is 2. The number of hydrogen-bond donors (Lipinski definition) is 3. The molecule has 0 fully saturated rings. The molecular formula is C13H17N5O. The van der Waals surface area contributed by atoms with Crippen LogP contribution in [0, 0.1) is 0 Å². The lowest BCUT2D eigenvalue weighted by molar-refractivity contribution is 0.0941. The largest absolute Gasteiger partial charge is 0.347 e. The van der Waals surface area contributed by atoms with E-state index in [9.17, 15) is 4.79 Å². The summed E-state index contributed by atoms with van der Waals surface area (Å²) in [5, 5.41) is 9.28. The summed E-state index contributed by atoms with van der Waals surface area (Å²) in [6.45, 7) is 2.28. The van der Waals surface area contributed by atoms with Gasteiger partial charge in [-0.15, -0.1) is 5.10 Å². The van der Waals surface area contributed by atoms with Gasteiger partial charge in [-0.25, -0.2) is 4.98 Å². The predicted molar refractivity (Wildman–Crippen MR) is 71.5 cm³/mol. The van der Waals surface area contributed by atoms with Crippen LogP contribution in [-0.2, 0) is 6.42 Å². The number of nitrogens with two attached hydrogens (primary N) is 1. The van der Waals surface area contributed by atoms with Crippen LogP contribution in [0.4, 0.5) is 0 Å². The number of carbonyl (C=O) groups excluding carboxylic acids is 1. The lowest BCUT2D eigenvalue weighted by Crippen LogP contribution is -2.32. The second-order valence-corrected chi connectivity index (χ2v) is 4.19. The fraction of sp³-hybridized carbons (Fsp3) is 0.308. The molecule has 100 valence electrons. The van der Waals surface area contributed by atoms with Gasteiger partial charge in [-0.3, -0.25) is 9.89 Å². The zero-order valence-corrected chi connectivity index (χ0v) is 10.8. The van der Waals surface area contributed by atoms with Gasteiger partial charge in [0.2, 0.25) is 5.82 Å². The molecule has 0 saturated heterocycles. The van der Waals surface area contributed by atoms with Crippen molar-refractivity contribution in [2.75, 3.05) is 6.54 Å². The van der Waals surface area contributed by atoms with Crippen LogP contribution < -0.4 is 11.1 Å². The number of hydrogen-bond acceptors (Lipinski definition) is 4. The van der Waals surface area contributed by atoms with Gasteiger partial charge in [-0.2, -0.15) is 0 Å². The van der Waals surface area contributed by atoms with Crippen molar-refractivity contribution in [2.24, 2.45) is 5.73 Å². The van der Waals surface area contributed by atoms with Gasteiger partial charge < -0.3 is 11.1 Å². The van der Waals surface area contributed by atoms with Crippen molar-refractivity contribution in [1.29, 1.82) is 0 Å². The van der Waals surface area contributed by atoms with Crippen LogP contribution in [0.25, 0.3) is 0 Å². The first-order chi connectivity index (χ1) is 9.20. The Bertz CT molecular complexity index is 537. The Morgan fingerprint density at radius 2 is 2.16 bits per heavy atom. The van der Waals surface area contributed by atoms with Gasteiger partial charge in [0.15, 0.2) is 0 Å². The van der Waals surface area contributed by atoms with Crippen molar-refractivity contribution in [2.45, 2.75) is 19.4 Å². The average molecular weight is 259 g/mol. The minimum atomic E-state index is -0.317. The monoisotopic (exact) mass is 259 g/mol. The molecule has 0 aliphatic rings. The van der Waals surface area contributed by atoms with E-state index in [1.54, 1.807) is 0 Å². The van der Waals surface area contributed by atoms with E-state index < -0.39 is 0 Å². The number of rotatable bonds is 5. The van der Waals surface area contributed by atoms with Crippen LogP contribution in [0.2, 0.25) is 0 Å². The molecule has 4 N–H and O–H groups in total. The number of aryl methyl sites for hydroxylation is 1. The number of H-pyrrole nitrogens is 1. The van der Waals surface area contributed by atoms with E-state index in [1.807, 2.05) is 37.3 Å². The molecule has 1 aromatic carbocycles. The highest BCUT2D eigenvalue weighted by Crippen LogP contribution is 2.08. The lowest BCUT2D eigenvalue weighted by atomic mass is 10.1. The van der Waals surface area contributed by atoms with Gasteiger partial charge >= 0.3 is 0 Å². The minimum Gasteiger partial charge on any atom is -0.347 e. The predicted octanol–water partition coefficient (Wildman–Crippen LogP) is 0.797. The topological polar surface area (TPSA) is 96.7 Å². The molecule has 0 radical (unpaired) electrons. The highest BCUT2D eigenvalue weighted by molar-refractivity contribution is 5.90.